The SMILES string of the molecule is CC(COC(=O)OC[C@H]1O[C@@H](Sc2ccccc2)[C@H](OCc2ccccc2)[C@@H](OCc2ccccc2)[C@@H]1OCc1ccccc1)c1ccccc1[N+](=O)[O-]. The van der Waals surface area contributed by atoms with Crippen molar-refractivity contribution in [3.63, 3.8) is 0 Å². The Morgan fingerprint density at radius 1 is 0.667 bits per heavy atom. The van der Waals surface area contributed by atoms with Gasteiger partial charge in [-0.25, -0.2) is 4.79 Å². The van der Waals surface area contributed by atoms with Crippen molar-refractivity contribution in [1.82, 2.24) is 0 Å². The zero-order valence-corrected chi connectivity index (χ0v) is 30.7. The molecule has 5 aromatic rings. The van der Waals surface area contributed by atoms with Crippen LogP contribution in [-0.2, 0) is 48.2 Å². The second-order valence-electron chi connectivity index (χ2n) is 12.8. The number of ether oxygens (including phenoxy) is 6. The number of nitro groups is 1. The Kier molecular flexibility index (Phi) is 14.2. The Morgan fingerprint density at radius 2 is 1.15 bits per heavy atom. The van der Waals surface area contributed by atoms with Crippen LogP contribution in [0.25, 0.3) is 0 Å². The molecule has 1 heterocycles. The number of hydrogen-bond donors (Lipinski definition) is 0. The number of rotatable bonds is 17. The van der Waals surface area contributed by atoms with E-state index < -0.39 is 46.8 Å². The Labute approximate surface area is 319 Å². The summed E-state index contributed by atoms with van der Waals surface area (Å²) in [6.07, 6.45) is -3.71. The fraction of sp³-hybridized carbons (Fsp3) is 0.279. The first-order chi connectivity index (χ1) is 26.4. The molecule has 280 valence electrons. The minimum absolute atomic E-state index is 0.0384. The van der Waals surface area contributed by atoms with E-state index >= 15 is 0 Å². The van der Waals surface area contributed by atoms with E-state index in [1.54, 1.807) is 25.1 Å². The Hall–Kier alpha value is -5.04. The van der Waals surface area contributed by atoms with Crippen molar-refractivity contribution in [2.24, 2.45) is 0 Å². The van der Waals surface area contributed by atoms with Gasteiger partial charge in [0, 0.05) is 22.4 Å². The maximum absolute atomic E-state index is 13.1. The molecule has 0 spiro atoms. The predicted molar refractivity (Wildman–Crippen MR) is 205 cm³/mol. The van der Waals surface area contributed by atoms with Crippen molar-refractivity contribution in [3.05, 3.63) is 178 Å². The molecule has 0 radical (unpaired) electrons. The van der Waals surface area contributed by atoms with Crippen LogP contribution in [0.15, 0.2) is 150 Å². The van der Waals surface area contributed by atoms with E-state index in [-0.39, 0.29) is 32.1 Å². The smallest absolute Gasteiger partial charge is 0.434 e. The van der Waals surface area contributed by atoms with Gasteiger partial charge >= 0.3 is 6.16 Å². The van der Waals surface area contributed by atoms with Crippen molar-refractivity contribution >= 4 is 23.6 Å². The van der Waals surface area contributed by atoms with Gasteiger partial charge in [-0.2, -0.15) is 0 Å². The lowest BCUT2D eigenvalue weighted by molar-refractivity contribution is -0.385. The van der Waals surface area contributed by atoms with Crippen LogP contribution in [0.1, 0.15) is 35.1 Å². The van der Waals surface area contributed by atoms with E-state index in [9.17, 15) is 14.9 Å². The van der Waals surface area contributed by atoms with Crippen LogP contribution in [0.4, 0.5) is 10.5 Å². The van der Waals surface area contributed by atoms with Crippen LogP contribution >= 0.6 is 11.8 Å². The van der Waals surface area contributed by atoms with E-state index in [0.29, 0.717) is 12.2 Å². The quantitative estimate of drug-likeness (QED) is 0.0518. The summed E-state index contributed by atoms with van der Waals surface area (Å²) in [6.45, 7) is 2.26. The molecule has 0 aromatic heterocycles. The maximum Gasteiger partial charge on any atom is 0.508 e. The molecule has 1 fully saturated rings. The molecule has 1 saturated heterocycles. The Morgan fingerprint density at radius 3 is 1.70 bits per heavy atom. The highest BCUT2D eigenvalue weighted by Gasteiger charge is 2.49. The fourth-order valence-corrected chi connectivity index (χ4v) is 7.30. The normalized spacial score (nSPS) is 20.1. The third-order valence-electron chi connectivity index (χ3n) is 8.92. The molecule has 1 unspecified atom stereocenters. The number of para-hydroxylation sites is 1. The first-order valence-corrected chi connectivity index (χ1v) is 18.7. The standard InChI is InChI=1S/C43H43NO9S/c1-31(36-24-14-15-25-37(36)44(46)47)26-51-43(45)52-30-38-39(48-27-32-16-6-2-7-17-32)40(49-28-33-18-8-3-9-19-33)41(50-29-34-20-10-4-11-21-34)42(53-38)54-35-22-12-5-13-23-35/h2-25,31,38-42H,26-30H2,1H3/t31?,38-,39-,40+,41-,42+/m1/s1. The first kappa shape index (κ1) is 38.7. The van der Waals surface area contributed by atoms with Gasteiger partial charge < -0.3 is 28.4 Å². The monoisotopic (exact) mass is 749 g/mol. The van der Waals surface area contributed by atoms with Gasteiger partial charge in [-0.1, -0.05) is 146 Å². The summed E-state index contributed by atoms with van der Waals surface area (Å²) in [5, 5.41) is 11.6. The molecule has 0 aliphatic carbocycles. The van der Waals surface area contributed by atoms with Crippen LogP contribution in [0.5, 0.6) is 0 Å². The molecule has 0 bridgehead atoms. The van der Waals surface area contributed by atoms with E-state index in [1.165, 1.54) is 17.8 Å². The molecule has 6 atom stereocenters. The van der Waals surface area contributed by atoms with E-state index in [2.05, 4.69) is 0 Å². The van der Waals surface area contributed by atoms with Crippen molar-refractivity contribution in [2.45, 2.75) is 67.4 Å². The highest BCUT2D eigenvalue weighted by Crippen LogP contribution is 2.38. The van der Waals surface area contributed by atoms with Crippen LogP contribution in [0.2, 0.25) is 0 Å². The van der Waals surface area contributed by atoms with Crippen molar-refractivity contribution in [1.29, 1.82) is 0 Å². The molecule has 10 nitrogen and oxygen atoms in total. The lowest BCUT2D eigenvalue weighted by Gasteiger charge is -2.45. The fourth-order valence-electron chi connectivity index (χ4n) is 6.15. The van der Waals surface area contributed by atoms with Crippen molar-refractivity contribution in [2.75, 3.05) is 13.2 Å². The highest BCUT2D eigenvalue weighted by molar-refractivity contribution is 7.99. The molecule has 6 rings (SSSR count). The second kappa shape index (κ2) is 19.9. The molecule has 0 saturated carbocycles. The number of thioether (sulfide) groups is 1. The second-order valence-corrected chi connectivity index (χ2v) is 14.0. The largest absolute Gasteiger partial charge is 0.508 e. The summed E-state index contributed by atoms with van der Waals surface area (Å²) in [7, 11) is 0. The van der Waals surface area contributed by atoms with Crippen LogP contribution in [0, 0.1) is 10.1 Å². The molecular formula is C43H43NO9S. The molecule has 0 amide bonds. The van der Waals surface area contributed by atoms with Gasteiger partial charge in [0.2, 0.25) is 0 Å². The number of carbonyl (C=O) groups is 1. The van der Waals surface area contributed by atoms with Gasteiger partial charge in [0.1, 0.15) is 43.1 Å². The third-order valence-corrected chi connectivity index (χ3v) is 10.1. The maximum atomic E-state index is 13.1. The summed E-state index contributed by atoms with van der Waals surface area (Å²) in [6, 6.07) is 45.8. The topological polar surface area (TPSA) is 116 Å². The Balaban J connectivity index is 1.26. The van der Waals surface area contributed by atoms with Crippen molar-refractivity contribution in [3.8, 4) is 0 Å². The van der Waals surface area contributed by atoms with Gasteiger partial charge in [-0.3, -0.25) is 10.1 Å². The van der Waals surface area contributed by atoms with E-state index in [1.807, 2.05) is 121 Å². The van der Waals surface area contributed by atoms with E-state index in [0.717, 1.165) is 21.6 Å². The van der Waals surface area contributed by atoms with E-state index in [4.69, 9.17) is 28.4 Å². The van der Waals surface area contributed by atoms with Gasteiger partial charge in [-0.05, 0) is 28.8 Å². The first-order valence-electron chi connectivity index (χ1n) is 17.8. The average Bonchev–Trinajstić information content (AvgIpc) is 3.21. The van der Waals surface area contributed by atoms with Gasteiger partial charge in [0.15, 0.2) is 0 Å². The molecule has 5 aromatic carbocycles. The zero-order chi connectivity index (χ0) is 37.5. The molecule has 0 N–H and O–H groups in total. The molecule has 54 heavy (non-hydrogen) atoms. The minimum Gasteiger partial charge on any atom is -0.434 e. The lowest BCUT2D eigenvalue weighted by Crippen LogP contribution is -2.60. The predicted octanol–water partition coefficient (Wildman–Crippen LogP) is 9.12. The lowest BCUT2D eigenvalue weighted by atomic mass is 9.99. The minimum atomic E-state index is -0.928. The zero-order valence-electron chi connectivity index (χ0n) is 29.9. The molecule has 1 aliphatic rings. The number of nitrogens with zero attached hydrogens (tertiary/aromatic N) is 1. The summed E-state index contributed by atoms with van der Waals surface area (Å²) >= 11 is 1.49. The highest BCUT2D eigenvalue weighted by atomic mass is 32.2. The number of hydrogen-bond acceptors (Lipinski definition) is 10. The molecule has 11 heteroatoms. The average molecular weight is 750 g/mol. The number of carbonyl (C=O) groups excluding carboxylic acids is 1. The summed E-state index contributed by atoms with van der Waals surface area (Å²) in [4.78, 5) is 25.2. The number of nitro benzene ring substituents is 1. The number of benzene rings is 5. The molecule has 1 aliphatic heterocycles. The van der Waals surface area contributed by atoms with Crippen LogP contribution < -0.4 is 0 Å². The van der Waals surface area contributed by atoms with Crippen molar-refractivity contribution < 1.29 is 38.1 Å². The van der Waals surface area contributed by atoms with Crippen LogP contribution in [0.3, 0.4) is 0 Å². The summed E-state index contributed by atoms with van der Waals surface area (Å²) in [5.74, 6) is -0.447. The summed E-state index contributed by atoms with van der Waals surface area (Å²) < 4.78 is 38.1. The Bertz CT molecular complexity index is 1890. The van der Waals surface area contributed by atoms with Crippen LogP contribution in [-0.4, -0.2) is 54.1 Å². The third kappa shape index (κ3) is 11.0. The summed E-state index contributed by atoms with van der Waals surface area (Å²) in [5.41, 5.74) is 2.75. The molecular weight excluding hydrogens is 707 g/mol. The van der Waals surface area contributed by atoms with Gasteiger partial charge in [0.05, 0.1) is 24.7 Å². The van der Waals surface area contributed by atoms with Gasteiger partial charge in [0.25, 0.3) is 5.69 Å². The van der Waals surface area contributed by atoms with Gasteiger partial charge in [-0.15, -0.1) is 0 Å².